The van der Waals surface area contributed by atoms with Crippen molar-refractivity contribution >= 4 is 16.7 Å². The zero-order valence-electron chi connectivity index (χ0n) is 13.8. The second-order valence-corrected chi connectivity index (χ2v) is 6.26. The molecule has 1 aliphatic rings. The lowest BCUT2D eigenvalue weighted by atomic mass is 9.96. The summed E-state index contributed by atoms with van der Waals surface area (Å²) in [5.74, 6) is 0.886. The molecule has 2 aromatic carbocycles. The van der Waals surface area contributed by atoms with Gasteiger partial charge >= 0.3 is 0 Å². The smallest absolute Gasteiger partial charge is 0.230 e. The molecule has 3 rings (SSSR count). The molecule has 2 N–H and O–H groups in total. The number of fused-ring (bicyclic) bond motifs is 1. The Bertz CT molecular complexity index is 714. The van der Waals surface area contributed by atoms with Crippen LogP contribution >= 0.6 is 0 Å². The van der Waals surface area contributed by atoms with Crippen molar-refractivity contribution < 1.29 is 9.53 Å². The molecule has 4 heteroatoms. The highest BCUT2D eigenvalue weighted by molar-refractivity contribution is 5.88. The summed E-state index contributed by atoms with van der Waals surface area (Å²) < 4.78 is 5.26. The molecule has 1 amide bonds. The summed E-state index contributed by atoms with van der Waals surface area (Å²) in [6.07, 6.45) is 2.07. The van der Waals surface area contributed by atoms with E-state index in [1.807, 2.05) is 36.1 Å². The van der Waals surface area contributed by atoms with E-state index in [4.69, 9.17) is 10.5 Å². The fourth-order valence-electron chi connectivity index (χ4n) is 3.40. The normalized spacial score (nSPS) is 19.1. The Balaban J connectivity index is 1.85. The standard InChI is InChI=1S/C19H24N2O2/c1-13(19(22)21-9-3-4-17(21)12-20)14-5-6-16-11-18(23-2)8-7-15(16)10-14/h5-8,10-11,13,17H,3-4,9,12,20H2,1-2H3. The summed E-state index contributed by atoms with van der Waals surface area (Å²) in [7, 11) is 1.67. The molecule has 2 aromatic rings. The largest absolute Gasteiger partial charge is 0.497 e. The Morgan fingerprint density at radius 3 is 2.78 bits per heavy atom. The van der Waals surface area contributed by atoms with Gasteiger partial charge in [-0.25, -0.2) is 0 Å². The van der Waals surface area contributed by atoms with Crippen molar-refractivity contribution in [2.45, 2.75) is 31.7 Å². The number of nitrogens with zero attached hydrogens (tertiary/aromatic N) is 1. The topological polar surface area (TPSA) is 55.6 Å². The van der Waals surface area contributed by atoms with Gasteiger partial charge in [-0.2, -0.15) is 0 Å². The number of likely N-dealkylation sites (tertiary alicyclic amines) is 1. The lowest BCUT2D eigenvalue weighted by molar-refractivity contribution is -0.133. The maximum atomic E-state index is 12.8. The fourth-order valence-corrected chi connectivity index (χ4v) is 3.40. The first-order valence-corrected chi connectivity index (χ1v) is 8.22. The molecular formula is C19H24N2O2. The van der Waals surface area contributed by atoms with Gasteiger partial charge in [0, 0.05) is 19.1 Å². The number of benzene rings is 2. The van der Waals surface area contributed by atoms with E-state index in [-0.39, 0.29) is 17.9 Å². The molecule has 0 aliphatic carbocycles. The lowest BCUT2D eigenvalue weighted by Crippen LogP contribution is -2.41. The summed E-state index contributed by atoms with van der Waals surface area (Å²) in [5, 5.41) is 2.24. The molecular weight excluding hydrogens is 288 g/mol. The number of nitrogens with two attached hydrogens (primary N) is 1. The average molecular weight is 312 g/mol. The van der Waals surface area contributed by atoms with Gasteiger partial charge in [0.05, 0.1) is 13.0 Å². The van der Waals surface area contributed by atoms with Gasteiger partial charge in [0.1, 0.15) is 5.75 Å². The van der Waals surface area contributed by atoms with Crippen LogP contribution in [0.4, 0.5) is 0 Å². The average Bonchev–Trinajstić information content (AvgIpc) is 3.08. The minimum absolute atomic E-state index is 0.145. The molecule has 2 atom stereocenters. The highest BCUT2D eigenvalue weighted by Gasteiger charge is 2.30. The molecule has 122 valence electrons. The Morgan fingerprint density at radius 1 is 1.30 bits per heavy atom. The summed E-state index contributed by atoms with van der Waals surface area (Å²) in [6.45, 7) is 3.37. The number of rotatable bonds is 4. The van der Waals surface area contributed by atoms with E-state index in [0.717, 1.165) is 41.5 Å². The molecule has 1 heterocycles. The third-order valence-electron chi connectivity index (χ3n) is 4.87. The predicted octanol–water partition coefficient (Wildman–Crippen LogP) is 2.90. The third-order valence-corrected chi connectivity index (χ3v) is 4.87. The first-order chi connectivity index (χ1) is 11.1. The number of methoxy groups -OCH3 is 1. The van der Waals surface area contributed by atoms with Crippen molar-refractivity contribution in [1.29, 1.82) is 0 Å². The minimum atomic E-state index is -0.145. The predicted molar refractivity (Wildman–Crippen MR) is 92.7 cm³/mol. The van der Waals surface area contributed by atoms with Crippen LogP contribution in [-0.4, -0.2) is 37.0 Å². The van der Waals surface area contributed by atoms with Crippen molar-refractivity contribution in [1.82, 2.24) is 4.90 Å². The van der Waals surface area contributed by atoms with Crippen molar-refractivity contribution in [3.63, 3.8) is 0 Å². The zero-order valence-corrected chi connectivity index (χ0v) is 13.8. The first-order valence-electron chi connectivity index (χ1n) is 8.22. The van der Waals surface area contributed by atoms with E-state index in [1.54, 1.807) is 7.11 Å². The van der Waals surface area contributed by atoms with E-state index in [1.165, 1.54) is 0 Å². The Kier molecular flexibility index (Phi) is 4.53. The lowest BCUT2D eigenvalue weighted by Gasteiger charge is -2.27. The molecule has 0 aromatic heterocycles. The third kappa shape index (κ3) is 3.04. The van der Waals surface area contributed by atoms with Crippen LogP contribution in [0.3, 0.4) is 0 Å². The van der Waals surface area contributed by atoms with Gasteiger partial charge in [-0.05, 0) is 48.2 Å². The van der Waals surface area contributed by atoms with E-state index < -0.39 is 0 Å². The summed E-state index contributed by atoms with van der Waals surface area (Å²) in [5.41, 5.74) is 6.85. The van der Waals surface area contributed by atoms with Crippen molar-refractivity contribution in [2.75, 3.05) is 20.2 Å². The number of carbonyl (C=O) groups excluding carboxylic acids is 1. The number of hydrogen-bond donors (Lipinski definition) is 1. The molecule has 2 unspecified atom stereocenters. The Hall–Kier alpha value is -2.07. The van der Waals surface area contributed by atoms with Crippen LogP contribution in [0.1, 0.15) is 31.2 Å². The van der Waals surface area contributed by atoms with Crippen molar-refractivity contribution in [3.05, 3.63) is 42.0 Å². The Morgan fingerprint density at radius 2 is 2.04 bits per heavy atom. The Labute approximate surface area is 137 Å². The number of hydrogen-bond acceptors (Lipinski definition) is 3. The first kappa shape index (κ1) is 15.8. The van der Waals surface area contributed by atoms with E-state index in [9.17, 15) is 4.79 Å². The molecule has 4 nitrogen and oxygen atoms in total. The molecule has 1 aliphatic heterocycles. The highest BCUT2D eigenvalue weighted by Crippen LogP contribution is 2.28. The van der Waals surface area contributed by atoms with Gasteiger partial charge in [-0.3, -0.25) is 4.79 Å². The van der Waals surface area contributed by atoms with Crippen LogP contribution in [0, 0.1) is 0 Å². The molecule has 0 spiro atoms. The summed E-state index contributed by atoms with van der Waals surface area (Å²) in [4.78, 5) is 14.8. The maximum absolute atomic E-state index is 12.8. The van der Waals surface area contributed by atoms with E-state index in [2.05, 4.69) is 12.1 Å². The molecule has 0 bridgehead atoms. The highest BCUT2D eigenvalue weighted by atomic mass is 16.5. The van der Waals surface area contributed by atoms with Crippen LogP contribution in [-0.2, 0) is 4.79 Å². The van der Waals surface area contributed by atoms with Crippen molar-refractivity contribution in [2.24, 2.45) is 5.73 Å². The van der Waals surface area contributed by atoms with Crippen molar-refractivity contribution in [3.8, 4) is 5.75 Å². The van der Waals surface area contributed by atoms with Gasteiger partial charge < -0.3 is 15.4 Å². The van der Waals surface area contributed by atoms with Gasteiger partial charge in [-0.15, -0.1) is 0 Å². The van der Waals surface area contributed by atoms with Crippen LogP contribution < -0.4 is 10.5 Å². The second-order valence-electron chi connectivity index (χ2n) is 6.26. The molecule has 1 fully saturated rings. The number of amides is 1. The van der Waals surface area contributed by atoms with Gasteiger partial charge in [-0.1, -0.05) is 24.3 Å². The van der Waals surface area contributed by atoms with Gasteiger partial charge in [0.2, 0.25) is 5.91 Å². The molecule has 0 saturated carbocycles. The molecule has 1 saturated heterocycles. The van der Waals surface area contributed by atoms with E-state index >= 15 is 0 Å². The summed E-state index contributed by atoms with van der Waals surface area (Å²) in [6, 6.07) is 12.4. The van der Waals surface area contributed by atoms with Crippen LogP contribution in [0.5, 0.6) is 5.75 Å². The maximum Gasteiger partial charge on any atom is 0.230 e. The monoisotopic (exact) mass is 312 g/mol. The second kappa shape index (κ2) is 6.59. The van der Waals surface area contributed by atoms with E-state index in [0.29, 0.717) is 6.54 Å². The summed E-state index contributed by atoms with van der Waals surface area (Å²) >= 11 is 0. The van der Waals surface area contributed by atoms with Crippen LogP contribution in [0.15, 0.2) is 36.4 Å². The number of carbonyl (C=O) groups is 1. The van der Waals surface area contributed by atoms with Gasteiger partial charge in [0.25, 0.3) is 0 Å². The minimum Gasteiger partial charge on any atom is -0.497 e. The zero-order chi connectivity index (χ0) is 16.4. The quantitative estimate of drug-likeness (QED) is 0.944. The van der Waals surface area contributed by atoms with Crippen LogP contribution in [0.2, 0.25) is 0 Å². The van der Waals surface area contributed by atoms with Crippen LogP contribution in [0.25, 0.3) is 10.8 Å². The fraction of sp³-hybridized carbons (Fsp3) is 0.421. The van der Waals surface area contributed by atoms with Gasteiger partial charge in [0.15, 0.2) is 0 Å². The molecule has 0 radical (unpaired) electrons. The number of ether oxygens (including phenoxy) is 1. The molecule has 23 heavy (non-hydrogen) atoms. The SMILES string of the molecule is COc1ccc2cc(C(C)C(=O)N3CCCC3CN)ccc2c1.